The largest absolute Gasteiger partial charge is 0.504 e. The van der Waals surface area contributed by atoms with Crippen LogP contribution in [0, 0.1) is 49.4 Å². The Morgan fingerprint density at radius 3 is 0.981 bits per heavy atom. The minimum Gasteiger partial charge on any atom is -0.504 e. The van der Waals surface area contributed by atoms with Crippen LogP contribution in [0.25, 0.3) is 0 Å². The number of ketones is 1. The van der Waals surface area contributed by atoms with Crippen molar-refractivity contribution in [2.75, 3.05) is 0 Å². The van der Waals surface area contributed by atoms with E-state index in [0.717, 1.165) is 0 Å². The monoisotopic (exact) mass is 941 g/mol. The molecule has 4 fully saturated rings. The van der Waals surface area contributed by atoms with E-state index in [9.17, 15) is 40.3 Å². The first kappa shape index (κ1) is 47.6. The molecule has 0 atom stereocenters. The summed E-state index contributed by atoms with van der Waals surface area (Å²) in [6.45, 7) is 0. The second kappa shape index (κ2) is 22.4. The van der Waals surface area contributed by atoms with E-state index < -0.39 is 44.3 Å². The van der Waals surface area contributed by atoms with E-state index in [2.05, 4.69) is 60.7 Å². The van der Waals surface area contributed by atoms with Crippen molar-refractivity contribution < 1.29 is 94.8 Å². The standard InChI is InChI=1S/2C18H27OP.C5H2F6O2.Eu/c2*19-20(16-10-4-1-5-11-16,17-12-6-2-7-13-17)18-14-8-3-9-15-18;6-4(7,8)2(12)1-3(13)5(9,10)11;/h2*1,4-5,10-11,17-18H,2-3,6-9,12-15H2;1,12H;/b;;2-1-;. The van der Waals surface area contributed by atoms with Gasteiger partial charge in [-0.05, 0) is 51.4 Å². The van der Waals surface area contributed by atoms with Crippen LogP contribution in [0.3, 0.4) is 0 Å². The molecular weight excluding hydrogens is 884 g/mol. The van der Waals surface area contributed by atoms with Crippen molar-refractivity contribution in [3.8, 4) is 0 Å². The van der Waals surface area contributed by atoms with Gasteiger partial charge in [0.05, 0.1) is 0 Å². The van der Waals surface area contributed by atoms with Crippen molar-refractivity contribution in [2.24, 2.45) is 0 Å². The van der Waals surface area contributed by atoms with E-state index in [4.69, 9.17) is 5.11 Å². The van der Waals surface area contributed by atoms with E-state index in [1.807, 2.05) is 0 Å². The molecule has 4 nitrogen and oxygen atoms in total. The molecule has 0 aliphatic heterocycles. The molecule has 4 aliphatic rings. The van der Waals surface area contributed by atoms with Gasteiger partial charge in [0, 0.05) is 88.7 Å². The molecule has 6 rings (SSSR count). The summed E-state index contributed by atoms with van der Waals surface area (Å²) in [5, 5.41) is 10.3. The fourth-order valence-corrected chi connectivity index (χ4v) is 17.6. The molecule has 0 bridgehead atoms. The normalized spacial score (nSPS) is 20.4. The van der Waals surface area contributed by atoms with Crippen LogP contribution in [0.2, 0.25) is 0 Å². The number of rotatable bonds is 7. The van der Waals surface area contributed by atoms with Crippen molar-refractivity contribution in [2.45, 2.75) is 163 Å². The predicted octanol–water partition coefficient (Wildman–Crippen LogP) is 12.8. The first-order chi connectivity index (χ1) is 25.2. The molecule has 4 saturated carbocycles. The molecule has 0 unspecified atom stereocenters. The van der Waals surface area contributed by atoms with E-state index >= 15 is 0 Å². The predicted molar refractivity (Wildman–Crippen MR) is 203 cm³/mol. The number of halogens is 6. The number of hydrogen-bond acceptors (Lipinski definition) is 4. The quantitative estimate of drug-likeness (QED) is 0.130. The third-order valence-corrected chi connectivity index (χ3v) is 20.2. The van der Waals surface area contributed by atoms with E-state index in [0.29, 0.717) is 22.6 Å². The van der Waals surface area contributed by atoms with Gasteiger partial charge in [-0.15, -0.1) is 0 Å². The van der Waals surface area contributed by atoms with Gasteiger partial charge in [0.1, 0.15) is 14.3 Å². The zero-order valence-corrected chi connectivity index (χ0v) is 35.2. The molecule has 4 aliphatic carbocycles. The van der Waals surface area contributed by atoms with Crippen molar-refractivity contribution in [1.29, 1.82) is 0 Å². The van der Waals surface area contributed by atoms with E-state index in [1.165, 1.54) is 139 Å². The van der Waals surface area contributed by atoms with E-state index in [1.54, 1.807) is 0 Å². The molecule has 303 valence electrons. The molecule has 2 aromatic rings. The maximum Gasteiger partial charge on any atom is 0.454 e. The average molecular weight is 941 g/mol. The molecule has 2 aromatic carbocycles. The maximum absolute atomic E-state index is 14.1. The molecule has 0 aromatic heterocycles. The van der Waals surface area contributed by atoms with Crippen LogP contribution < -0.4 is 10.6 Å². The zero-order chi connectivity index (χ0) is 38.5. The average Bonchev–Trinajstić information content (AvgIpc) is 3.19. The fourth-order valence-electron chi connectivity index (χ4n) is 8.91. The molecule has 1 N–H and O–H groups in total. The topological polar surface area (TPSA) is 71.4 Å². The smallest absolute Gasteiger partial charge is 0.454 e. The van der Waals surface area contributed by atoms with Gasteiger partial charge in [-0.3, -0.25) is 4.79 Å². The molecule has 0 amide bonds. The second-order valence-corrected chi connectivity index (χ2v) is 21.9. The number of hydrogen-bond donors (Lipinski definition) is 1. The van der Waals surface area contributed by atoms with E-state index in [-0.39, 0.29) is 49.4 Å². The van der Waals surface area contributed by atoms with Gasteiger partial charge in [-0.25, -0.2) is 0 Å². The Balaban J connectivity index is 0.000000222. The fraction of sp³-hybridized carbons (Fsp3) is 0.634. The molecular formula is C41H56EuF6O4P2. The number of carbonyl (C=O) groups excluding carboxylic acids is 1. The van der Waals surface area contributed by atoms with Crippen LogP contribution in [-0.4, -0.2) is 45.9 Å². The second-order valence-electron chi connectivity index (χ2n) is 15.1. The van der Waals surface area contributed by atoms with Crippen LogP contribution in [0.1, 0.15) is 128 Å². The summed E-state index contributed by atoms with van der Waals surface area (Å²) in [5.41, 5.74) is 1.90. The first-order valence-corrected chi connectivity index (χ1v) is 23.3. The molecule has 0 spiro atoms. The summed E-state index contributed by atoms with van der Waals surface area (Å²) in [5.74, 6) is -5.34. The Morgan fingerprint density at radius 1 is 0.500 bits per heavy atom. The van der Waals surface area contributed by atoms with Crippen LogP contribution in [-0.2, 0) is 13.9 Å². The Labute approximate surface area is 358 Å². The third-order valence-electron chi connectivity index (χ3n) is 11.6. The van der Waals surface area contributed by atoms with Crippen molar-refractivity contribution in [3.05, 3.63) is 72.5 Å². The van der Waals surface area contributed by atoms with Crippen LogP contribution in [0.15, 0.2) is 72.5 Å². The molecule has 54 heavy (non-hydrogen) atoms. The van der Waals surface area contributed by atoms with Gasteiger partial charge in [-0.2, -0.15) is 26.3 Å². The number of aliphatic hydroxyl groups is 1. The SMILES string of the molecule is O=C(/C=C(\O)C(F)(F)F)C(F)(F)F.O=P(c1ccccc1)(C1CCCCC1)C1CCCCC1.O=P(c1ccccc1)(C1CCCCC1)C1CCCCC1.[Eu]. The van der Waals surface area contributed by atoms with Crippen molar-refractivity contribution in [3.63, 3.8) is 0 Å². The van der Waals surface area contributed by atoms with Gasteiger partial charge in [0.25, 0.3) is 5.78 Å². The van der Waals surface area contributed by atoms with Crippen LogP contribution in [0.5, 0.6) is 0 Å². The summed E-state index contributed by atoms with van der Waals surface area (Å²) in [7, 11) is -4.45. The summed E-state index contributed by atoms with van der Waals surface area (Å²) in [6.07, 6.45) is 13.6. The van der Waals surface area contributed by atoms with Gasteiger partial charge >= 0.3 is 12.4 Å². The number of allylic oxidation sites excluding steroid dienone is 2. The minimum absolute atomic E-state index is 0. The molecule has 13 heteroatoms. The zero-order valence-electron chi connectivity index (χ0n) is 31.0. The third kappa shape index (κ3) is 13.1. The van der Waals surface area contributed by atoms with Gasteiger partial charge in [0.15, 0.2) is 0 Å². The Bertz CT molecular complexity index is 1390. The summed E-state index contributed by atoms with van der Waals surface area (Å²) in [6, 6.07) is 21.0. The summed E-state index contributed by atoms with van der Waals surface area (Å²) >= 11 is 0. The van der Waals surface area contributed by atoms with Crippen molar-refractivity contribution >= 4 is 30.7 Å². The Morgan fingerprint density at radius 2 is 0.759 bits per heavy atom. The van der Waals surface area contributed by atoms with Gasteiger partial charge in [-0.1, -0.05) is 138 Å². The number of carbonyl (C=O) groups is 1. The van der Waals surface area contributed by atoms with Crippen molar-refractivity contribution in [1.82, 2.24) is 0 Å². The minimum atomic E-state index is -5.42. The van der Waals surface area contributed by atoms with Crippen LogP contribution >= 0.6 is 14.3 Å². The Hall–Kier alpha value is -0.726. The number of alkyl halides is 6. The van der Waals surface area contributed by atoms with Gasteiger partial charge in [0.2, 0.25) is 5.76 Å². The first-order valence-electron chi connectivity index (χ1n) is 19.6. The number of aliphatic hydroxyl groups excluding tert-OH is 1. The Kier molecular flexibility index (Phi) is 19.8. The molecule has 0 heterocycles. The summed E-state index contributed by atoms with van der Waals surface area (Å²) in [4.78, 5) is 9.86. The number of benzene rings is 2. The summed E-state index contributed by atoms with van der Waals surface area (Å²) < 4.78 is 96.3. The van der Waals surface area contributed by atoms with Gasteiger partial charge < -0.3 is 14.2 Å². The molecule has 0 saturated heterocycles. The van der Waals surface area contributed by atoms with Crippen LogP contribution in [0.4, 0.5) is 26.3 Å². The maximum atomic E-state index is 14.1. The molecule has 1 radical (unpaired) electrons.